The van der Waals surface area contributed by atoms with E-state index in [1.807, 2.05) is 0 Å². The van der Waals surface area contributed by atoms with E-state index in [2.05, 4.69) is 16.0 Å². The maximum absolute atomic E-state index is 4.90. The normalized spacial score (nSPS) is 25.4. The number of rotatable bonds is 0. The maximum Gasteiger partial charge on any atom is 0.195 e. The second kappa shape index (κ2) is 2.04. The van der Waals surface area contributed by atoms with Gasteiger partial charge in [0.05, 0.1) is 5.88 Å². The highest BCUT2D eigenvalue weighted by molar-refractivity contribution is 8.14. The van der Waals surface area contributed by atoms with Crippen LogP contribution in [0.15, 0.2) is 5.10 Å². The largest absolute Gasteiger partial charge is 0.321 e. The Hall–Kier alpha value is -0.420. The number of amidine groups is 1. The zero-order valence-electron chi connectivity index (χ0n) is 3.64. The van der Waals surface area contributed by atoms with Gasteiger partial charge in [-0.15, -0.1) is 0 Å². The number of thioether (sulfide) groups is 1. The van der Waals surface area contributed by atoms with Crippen LogP contribution in [0.4, 0.5) is 0 Å². The van der Waals surface area contributed by atoms with Crippen molar-refractivity contribution >= 4 is 16.9 Å². The van der Waals surface area contributed by atoms with Gasteiger partial charge < -0.3 is 5.84 Å². The van der Waals surface area contributed by atoms with Crippen molar-refractivity contribution in [2.45, 2.75) is 0 Å². The van der Waals surface area contributed by atoms with Crippen LogP contribution < -0.4 is 16.7 Å². The quantitative estimate of drug-likeness (QED) is 0.282. The van der Waals surface area contributed by atoms with Gasteiger partial charge in [-0.05, 0) is 0 Å². The Morgan fingerprint density at radius 2 is 2.71 bits per heavy atom. The minimum atomic E-state index is 0.750. The zero-order valence-corrected chi connectivity index (χ0v) is 4.46. The molecule has 0 unspecified atom stereocenters. The molecule has 0 aromatic heterocycles. The fourth-order valence-corrected chi connectivity index (χ4v) is 0.822. The molecule has 4 N–H and O–H groups in total. The van der Waals surface area contributed by atoms with Gasteiger partial charge in [0, 0.05) is 0 Å². The monoisotopic (exact) mass is 118 g/mol. The average molecular weight is 118 g/mol. The van der Waals surface area contributed by atoms with E-state index in [9.17, 15) is 0 Å². The van der Waals surface area contributed by atoms with Crippen LogP contribution in [0, 0.1) is 0 Å². The summed E-state index contributed by atoms with van der Waals surface area (Å²) < 4.78 is 0. The lowest BCUT2D eigenvalue weighted by Gasteiger charge is -1.87. The number of nitrogens with zero attached hydrogens (tertiary/aromatic N) is 1. The molecule has 1 aliphatic rings. The number of hydrogen-bond acceptors (Lipinski definition) is 4. The van der Waals surface area contributed by atoms with Crippen molar-refractivity contribution in [3.05, 3.63) is 0 Å². The van der Waals surface area contributed by atoms with Gasteiger partial charge in [-0.1, -0.05) is 11.8 Å². The van der Waals surface area contributed by atoms with E-state index in [4.69, 9.17) is 5.84 Å². The summed E-state index contributed by atoms with van der Waals surface area (Å²) in [7, 11) is 0. The molecule has 0 aromatic rings. The number of hydrogen-bond donors (Lipinski definition) is 3. The molecule has 1 heterocycles. The van der Waals surface area contributed by atoms with Crippen LogP contribution in [0.2, 0.25) is 0 Å². The summed E-state index contributed by atoms with van der Waals surface area (Å²) in [5.41, 5.74) is 5.57. The van der Waals surface area contributed by atoms with Crippen LogP contribution >= 0.6 is 11.8 Å². The van der Waals surface area contributed by atoms with E-state index >= 15 is 0 Å². The Morgan fingerprint density at radius 1 is 1.86 bits per heavy atom. The van der Waals surface area contributed by atoms with E-state index in [0.29, 0.717) is 0 Å². The average Bonchev–Trinajstić information content (AvgIpc) is 2.14. The molecule has 1 fully saturated rings. The first-order valence-electron chi connectivity index (χ1n) is 1.83. The van der Waals surface area contributed by atoms with Crippen LogP contribution in [-0.4, -0.2) is 11.0 Å². The van der Waals surface area contributed by atoms with Crippen LogP contribution in [0.1, 0.15) is 0 Å². The molecule has 0 spiro atoms. The molecule has 0 radical (unpaired) electrons. The summed E-state index contributed by atoms with van der Waals surface area (Å²) in [6, 6.07) is 0. The van der Waals surface area contributed by atoms with Crippen LogP contribution in [0.5, 0.6) is 0 Å². The van der Waals surface area contributed by atoms with Gasteiger partial charge in [0.2, 0.25) is 0 Å². The Morgan fingerprint density at radius 3 is 3.00 bits per heavy atom. The Bertz CT molecular complexity index is 81.7. The Kier molecular flexibility index (Phi) is 1.38. The summed E-state index contributed by atoms with van der Waals surface area (Å²) in [4.78, 5) is 0. The molecular formula is C2H6N4S. The molecule has 4 nitrogen and oxygen atoms in total. The maximum atomic E-state index is 4.90. The summed E-state index contributed by atoms with van der Waals surface area (Å²) in [5.74, 6) is 5.74. The van der Waals surface area contributed by atoms with Crippen molar-refractivity contribution in [1.29, 1.82) is 0 Å². The minimum Gasteiger partial charge on any atom is -0.321 e. The van der Waals surface area contributed by atoms with Gasteiger partial charge in [0.25, 0.3) is 0 Å². The van der Waals surface area contributed by atoms with Gasteiger partial charge in [-0.2, -0.15) is 5.10 Å². The highest BCUT2D eigenvalue weighted by Crippen LogP contribution is 2.00. The first-order chi connectivity index (χ1) is 3.43. The van der Waals surface area contributed by atoms with Gasteiger partial charge in [0.15, 0.2) is 5.17 Å². The van der Waals surface area contributed by atoms with E-state index in [-0.39, 0.29) is 0 Å². The van der Waals surface area contributed by atoms with Crippen molar-refractivity contribution in [2.24, 2.45) is 10.9 Å². The lowest BCUT2D eigenvalue weighted by atomic mass is 11.3. The van der Waals surface area contributed by atoms with Crippen LogP contribution in [-0.2, 0) is 0 Å². The fraction of sp³-hybridized carbons (Fsp3) is 0.500. The molecule has 40 valence electrons. The highest BCUT2D eigenvalue weighted by atomic mass is 32.2. The van der Waals surface area contributed by atoms with Crippen molar-refractivity contribution < 1.29 is 0 Å². The third-order valence-electron chi connectivity index (χ3n) is 0.594. The van der Waals surface area contributed by atoms with Gasteiger partial charge in [0.1, 0.15) is 0 Å². The standard InChI is InChI=1S/C2H6N4S/c3-5-2-6-4-1-7-2/h4H,1,3H2,(H,5,6). The molecule has 0 atom stereocenters. The summed E-state index contributed by atoms with van der Waals surface area (Å²) in [6.45, 7) is 0. The number of hydrazone groups is 1. The summed E-state index contributed by atoms with van der Waals surface area (Å²) >= 11 is 1.55. The molecule has 0 aliphatic carbocycles. The molecule has 7 heavy (non-hydrogen) atoms. The van der Waals surface area contributed by atoms with Crippen molar-refractivity contribution in [2.75, 3.05) is 5.88 Å². The summed E-state index contributed by atoms with van der Waals surface area (Å²) in [6.07, 6.45) is 0. The lowest BCUT2D eigenvalue weighted by Crippen LogP contribution is -2.26. The topological polar surface area (TPSA) is 62.4 Å². The van der Waals surface area contributed by atoms with Crippen molar-refractivity contribution in [3.8, 4) is 0 Å². The minimum absolute atomic E-state index is 0.750. The molecule has 0 aromatic carbocycles. The Labute approximate surface area is 45.5 Å². The van der Waals surface area contributed by atoms with E-state index < -0.39 is 0 Å². The molecule has 5 heteroatoms. The van der Waals surface area contributed by atoms with E-state index in [1.165, 1.54) is 0 Å². The second-order valence-corrected chi connectivity index (χ2v) is 1.99. The fourth-order valence-electron chi connectivity index (χ4n) is 0.322. The van der Waals surface area contributed by atoms with Gasteiger partial charge in [-0.25, -0.2) is 5.43 Å². The zero-order chi connectivity index (χ0) is 5.11. The molecular weight excluding hydrogens is 112 g/mol. The third-order valence-corrected chi connectivity index (χ3v) is 1.36. The third kappa shape index (κ3) is 0.971. The number of nitrogens with one attached hydrogen (secondary N) is 2. The Balaban J connectivity index is 2.41. The number of nitrogens with two attached hydrogens (primary N) is 1. The first-order valence-corrected chi connectivity index (χ1v) is 2.81. The summed E-state index contributed by atoms with van der Waals surface area (Å²) in [5, 5.41) is 4.14. The molecule has 1 rings (SSSR count). The molecule has 0 amide bonds. The smallest absolute Gasteiger partial charge is 0.195 e. The lowest BCUT2D eigenvalue weighted by molar-refractivity contribution is 0.773. The molecule has 0 saturated carbocycles. The number of hydrazine groups is 1. The SMILES string of the molecule is N/N=C1\NNCS1. The van der Waals surface area contributed by atoms with Crippen LogP contribution in [0.25, 0.3) is 0 Å². The second-order valence-electron chi connectivity index (χ2n) is 1.02. The predicted octanol–water partition coefficient (Wildman–Crippen LogP) is -0.985. The molecule has 0 bridgehead atoms. The predicted molar refractivity (Wildman–Crippen MR) is 30.4 cm³/mol. The molecule has 1 saturated heterocycles. The van der Waals surface area contributed by atoms with Gasteiger partial charge >= 0.3 is 0 Å². The molecule has 1 aliphatic heterocycles. The van der Waals surface area contributed by atoms with Gasteiger partial charge in [-0.3, -0.25) is 5.43 Å². The van der Waals surface area contributed by atoms with Crippen molar-refractivity contribution in [3.63, 3.8) is 0 Å². The van der Waals surface area contributed by atoms with E-state index in [0.717, 1.165) is 11.0 Å². The van der Waals surface area contributed by atoms with Crippen molar-refractivity contribution in [1.82, 2.24) is 10.9 Å². The first kappa shape index (κ1) is 4.73. The van der Waals surface area contributed by atoms with Crippen LogP contribution in [0.3, 0.4) is 0 Å². The highest BCUT2D eigenvalue weighted by Gasteiger charge is 2.03. The van der Waals surface area contributed by atoms with E-state index in [1.54, 1.807) is 11.8 Å².